The van der Waals surface area contributed by atoms with Crippen LogP contribution in [0.15, 0.2) is 59.8 Å². The third-order valence-electron chi connectivity index (χ3n) is 4.69. The van der Waals surface area contributed by atoms with Crippen molar-refractivity contribution in [1.82, 2.24) is 20.1 Å². The van der Waals surface area contributed by atoms with Crippen LogP contribution in [-0.2, 0) is 24.5 Å². The Hall–Kier alpha value is -2.80. The Morgan fingerprint density at radius 1 is 1.10 bits per heavy atom. The zero-order valence-corrected chi connectivity index (χ0v) is 18.5. The molecule has 0 radical (unpaired) electrons. The van der Waals surface area contributed by atoms with Gasteiger partial charge in [-0.3, -0.25) is 4.79 Å². The summed E-state index contributed by atoms with van der Waals surface area (Å²) in [6, 6.07) is 18.0. The molecule has 1 heterocycles. The zero-order valence-electron chi connectivity index (χ0n) is 17.7. The highest BCUT2D eigenvalue weighted by Gasteiger charge is 2.14. The van der Waals surface area contributed by atoms with E-state index in [2.05, 4.69) is 41.5 Å². The normalized spacial score (nSPS) is 10.9. The Morgan fingerprint density at radius 3 is 2.50 bits per heavy atom. The summed E-state index contributed by atoms with van der Waals surface area (Å²) in [5.74, 6) is 2.31. The molecular weight excluding hydrogens is 396 g/mol. The van der Waals surface area contributed by atoms with E-state index in [1.807, 2.05) is 54.0 Å². The maximum Gasteiger partial charge on any atom is 0.230 e. The van der Waals surface area contributed by atoms with Gasteiger partial charge in [0, 0.05) is 13.1 Å². The van der Waals surface area contributed by atoms with Crippen molar-refractivity contribution in [2.45, 2.75) is 51.5 Å². The minimum atomic E-state index is -0.0300. The lowest BCUT2D eigenvalue weighted by Crippen LogP contribution is -2.24. The fourth-order valence-corrected chi connectivity index (χ4v) is 3.78. The predicted octanol–water partition coefficient (Wildman–Crippen LogP) is 4.41. The summed E-state index contributed by atoms with van der Waals surface area (Å²) < 4.78 is 7.87. The Labute approximate surface area is 182 Å². The lowest BCUT2D eigenvalue weighted by molar-refractivity contribution is -0.118. The van der Waals surface area contributed by atoms with Gasteiger partial charge in [0.05, 0.1) is 5.75 Å². The molecule has 2 aromatic carbocycles. The fourth-order valence-electron chi connectivity index (χ4n) is 2.92. The molecule has 0 fully saturated rings. The van der Waals surface area contributed by atoms with Gasteiger partial charge in [-0.1, -0.05) is 68.1 Å². The first-order valence-corrected chi connectivity index (χ1v) is 11.1. The second-order valence-electron chi connectivity index (χ2n) is 7.21. The largest absolute Gasteiger partial charge is 0.486 e. The standard InChI is InChI=1S/C23H28N4O2S/c1-4-27-21(15-29-20-12-10-19(11-13-20)17(2)3)25-26-23(27)30-16-22(28)24-14-18-8-6-5-7-9-18/h5-13,17H,4,14-16H2,1-3H3,(H,24,28). The molecule has 0 aliphatic carbocycles. The average Bonchev–Trinajstić information content (AvgIpc) is 3.17. The highest BCUT2D eigenvalue weighted by atomic mass is 32.2. The Bertz CT molecular complexity index is 940. The fraction of sp³-hybridized carbons (Fsp3) is 0.348. The van der Waals surface area contributed by atoms with Crippen LogP contribution in [0, 0.1) is 0 Å². The van der Waals surface area contributed by atoms with Gasteiger partial charge in [0.1, 0.15) is 12.4 Å². The predicted molar refractivity (Wildman–Crippen MR) is 120 cm³/mol. The molecule has 158 valence electrons. The number of hydrogen-bond acceptors (Lipinski definition) is 5. The Kier molecular flexibility index (Phi) is 7.90. The van der Waals surface area contributed by atoms with Gasteiger partial charge in [0.15, 0.2) is 11.0 Å². The molecular formula is C23H28N4O2S. The van der Waals surface area contributed by atoms with Gasteiger partial charge in [-0.15, -0.1) is 10.2 Å². The number of ether oxygens (including phenoxy) is 1. The van der Waals surface area contributed by atoms with E-state index in [0.29, 0.717) is 31.4 Å². The molecule has 1 amide bonds. The van der Waals surface area contributed by atoms with Gasteiger partial charge < -0.3 is 14.6 Å². The maximum absolute atomic E-state index is 12.2. The highest BCUT2D eigenvalue weighted by molar-refractivity contribution is 7.99. The summed E-state index contributed by atoms with van der Waals surface area (Å²) in [6.07, 6.45) is 0. The van der Waals surface area contributed by atoms with E-state index in [9.17, 15) is 4.79 Å². The molecule has 0 saturated heterocycles. The smallest absolute Gasteiger partial charge is 0.230 e. The van der Waals surface area contributed by atoms with Crippen LogP contribution in [-0.4, -0.2) is 26.4 Å². The van der Waals surface area contributed by atoms with E-state index in [1.165, 1.54) is 17.3 Å². The Balaban J connectivity index is 1.51. The minimum absolute atomic E-state index is 0.0300. The molecule has 3 aromatic rings. The maximum atomic E-state index is 12.2. The molecule has 0 aliphatic heterocycles. The number of thioether (sulfide) groups is 1. The summed E-state index contributed by atoms with van der Waals surface area (Å²) >= 11 is 1.38. The first-order chi connectivity index (χ1) is 14.6. The van der Waals surface area contributed by atoms with Crippen molar-refractivity contribution in [2.75, 3.05) is 5.75 Å². The summed E-state index contributed by atoms with van der Waals surface area (Å²) in [5, 5.41) is 12.2. The molecule has 0 unspecified atom stereocenters. The highest BCUT2D eigenvalue weighted by Crippen LogP contribution is 2.21. The van der Waals surface area contributed by atoms with E-state index in [1.54, 1.807) is 0 Å². The van der Waals surface area contributed by atoms with Crippen molar-refractivity contribution < 1.29 is 9.53 Å². The molecule has 0 atom stereocenters. The lowest BCUT2D eigenvalue weighted by Gasteiger charge is -2.10. The number of aromatic nitrogens is 3. The van der Waals surface area contributed by atoms with Crippen LogP contribution in [0.5, 0.6) is 5.75 Å². The molecule has 0 bridgehead atoms. The van der Waals surface area contributed by atoms with Crippen LogP contribution >= 0.6 is 11.8 Å². The number of nitrogens with zero attached hydrogens (tertiary/aromatic N) is 3. The molecule has 1 aromatic heterocycles. The third kappa shape index (κ3) is 6.10. The summed E-state index contributed by atoms with van der Waals surface area (Å²) in [6.45, 7) is 7.94. The first kappa shape index (κ1) is 21.9. The number of amides is 1. The second kappa shape index (κ2) is 10.8. The van der Waals surface area contributed by atoms with Crippen LogP contribution in [0.2, 0.25) is 0 Å². The number of nitrogens with one attached hydrogen (secondary N) is 1. The van der Waals surface area contributed by atoms with Crippen molar-refractivity contribution in [3.05, 3.63) is 71.5 Å². The van der Waals surface area contributed by atoms with Crippen LogP contribution in [0.3, 0.4) is 0 Å². The van der Waals surface area contributed by atoms with Gasteiger partial charge in [0.25, 0.3) is 0 Å². The quantitative estimate of drug-likeness (QED) is 0.488. The van der Waals surface area contributed by atoms with Crippen molar-refractivity contribution in [1.29, 1.82) is 0 Å². The topological polar surface area (TPSA) is 69.0 Å². The summed E-state index contributed by atoms with van der Waals surface area (Å²) in [7, 11) is 0. The van der Waals surface area contributed by atoms with Gasteiger partial charge in [-0.25, -0.2) is 0 Å². The monoisotopic (exact) mass is 424 g/mol. The number of rotatable bonds is 10. The molecule has 30 heavy (non-hydrogen) atoms. The SMILES string of the molecule is CCn1c(COc2ccc(C(C)C)cc2)nnc1SCC(=O)NCc1ccccc1. The van der Waals surface area contributed by atoms with Crippen LogP contribution < -0.4 is 10.1 Å². The first-order valence-electron chi connectivity index (χ1n) is 10.1. The van der Waals surface area contributed by atoms with Gasteiger partial charge in [-0.2, -0.15) is 0 Å². The molecule has 1 N–H and O–H groups in total. The molecule has 0 aliphatic rings. The number of carbonyl (C=O) groups is 1. The molecule has 0 spiro atoms. The summed E-state index contributed by atoms with van der Waals surface area (Å²) in [4.78, 5) is 12.2. The van der Waals surface area contributed by atoms with Crippen LogP contribution in [0.4, 0.5) is 0 Å². The number of benzene rings is 2. The van der Waals surface area contributed by atoms with Gasteiger partial charge in [-0.05, 0) is 36.1 Å². The van der Waals surface area contributed by atoms with Gasteiger partial charge in [0.2, 0.25) is 5.91 Å². The summed E-state index contributed by atoms with van der Waals surface area (Å²) in [5.41, 5.74) is 2.36. The van der Waals surface area contributed by atoms with Gasteiger partial charge >= 0.3 is 0 Å². The van der Waals surface area contributed by atoms with E-state index in [-0.39, 0.29) is 5.91 Å². The third-order valence-corrected chi connectivity index (χ3v) is 5.66. The van der Waals surface area contributed by atoms with E-state index in [4.69, 9.17) is 4.74 Å². The Morgan fingerprint density at radius 2 is 1.83 bits per heavy atom. The minimum Gasteiger partial charge on any atom is -0.486 e. The van der Waals surface area contributed by atoms with Crippen molar-refractivity contribution in [2.24, 2.45) is 0 Å². The molecule has 7 heteroatoms. The van der Waals surface area contributed by atoms with E-state index < -0.39 is 0 Å². The molecule has 3 rings (SSSR count). The van der Waals surface area contributed by atoms with E-state index in [0.717, 1.165) is 22.3 Å². The second-order valence-corrected chi connectivity index (χ2v) is 8.15. The zero-order chi connectivity index (χ0) is 21.3. The van der Waals surface area contributed by atoms with Crippen molar-refractivity contribution in [3.8, 4) is 5.75 Å². The van der Waals surface area contributed by atoms with Crippen molar-refractivity contribution >= 4 is 17.7 Å². The lowest BCUT2D eigenvalue weighted by atomic mass is 10.0. The van der Waals surface area contributed by atoms with Crippen LogP contribution in [0.1, 0.15) is 43.6 Å². The average molecular weight is 425 g/mol. The van der Waals surface area contributed by atoms with Crippen molar-refractivity contribution in [3.63, 3.8) is 0 Å². The van der Waals surface area contributed by atoms with Crippen LogP contribution in [0.25, 0.3) is 0 Å². The van der Waals surface area contributed by atoms with E-state index >= 15 is 0 Å². The molecule has 6 nitrogen and oxygen atoms in total. The number of carbonyl (C=O) groups excluding carboxylic acids is 1. The molecule has 0 saturated carbocycles. The number of hydrogen-bond donors (Lipinski definition) is 1.